The zero-order valence-electron chi connectivity index (χ0n) is 29.4. The first-order chi connectivity index (χ1) is 24.7. The molecule has 1 fully saturated rings. The van der Waals surface area contributed by atoms with Gasteiger partial charge in [0.05, 0.1) is 30.4 Å². The van der Waals surface area contributed by atoms with E-state index in [1.807, 2.05) is 12.1 Å². The first kappa shape index (κ1) is 37.7. The monoisotopic (exact) mass is 712 g/mol. The summed E-state index contributed by atoms with van der Waals surface area (Å²) in [5.41, 5.74) is 8.40. The number of halogens is 1. The van der Waals surface area contributed by atoms with Crippen LogP contribution < -0.4 is 9.47 Å². The molecule has 1 aromatic heterocycles. The van der Waals surface area contributed by atoms with Crippen LogP contribution in [0.15, 0.2) is 67.0 Å². The molecule has 0 unspecified atom stereocenters. The maximum Gasteiger partial charge on any atom is 0.323 e. The van der Waals surface area contributed by atoms with Crippen molar-refractivity contribution in [2.24, 2.45) is 0 Å². The number of aromatic nitrogens is 1. The predicted octanol–water partition coefficient (Wildman–Crippen LogP) is 6.54. The molecule has 0 saturated carbocycles. The highest BCUT2D eigenvalue weighted by atomic mass is 35.5. The van der Waals surface area contributed by atoms with Crippen LogP contribution in [0.25, 0.3) is 11.1 Å². The Morgan fingerprint density at radius 1 is 0.961 bits per heavy atom. The second kappa shape index (κ2) is 18.1. The number of rotatable bonds is 17. The van der Waals surface area contributed by atoms with Crippen molar-refractivity contribution in [1.82, 2.24) is 14.8 Å². The van der Waals surface area contributed by atoms with E-state index in [0.717, 1.165) is 35.4 Å². The zero-order chi connectivity index (χ0) is 36.3. The van der Waals surface area contributed by atoms with Gasteiger partial charge >= 0.3 is 5.97 Å². The molecule has 2 N–H and O–H groups in total. The van der Waals surface area contributed by atoms with E-state index in [1.54, 1.807) is 31.4 Å². The molecule has 10 nitrogen and oxygen atoms in total. The number of likely N-dealkylation sites (N-methyl/N-ethyl adjacent to an activating group) is 1. The summed E-state index contributed by atoms with van der Waals surface area (Å²) in [6, 6.07) is 18.6. The summed E-state index contributed by atoms with van der Waals surface area (Å²) in [6.07, 6.45) is 5.64. The first-order valence-electron chi connectivity index (χ1n) is 17.1. The summed E-state index contributed by atoms with van der Waals surface area (Å²) >= 11 is 6.75. The maximum atomic E-state index is 11.7. The lowest BCUT2D eigenvalue weighted by atomic mass is 9.92. The Balaban J connectivity index is 1.33. The molecule has 0 spiro atoms. The van der Waals surface area contributed by atoms with Crippen molar-refractivity contribution in [2.75, 3.05) is 39.9 Å². The number of carbonyl (C=O) groups is 1. The van der Waals surface area contributed by atoms with Gasteiger partial charge in [0, 0.05) is 42.7 Å². The van der Waals surface area contributed by atoms with Crippen molar-refractivity contribution in [1.29, 1.82) is 5.26 Å². The van der Waals surface area contributed by atoms with Crippen LogP contribution in [0.1, 0.15) is 51.8 Å². The lowest BCUT2D eigenvalue weighted by molar-refractivity contribution is -0.144. The van der Waals surface area contributed by atoms with Crippen LogP contribution >= 0.6 is 11.6 Å². The third-order valence-electron chi connectivity index (χ3n) is 9.42. The van der Waals surface area contributed by atoms with Gasteiger partial charge in [-0.1, -0.05) is 48.0 Å². The highest BCUT2D eigenvalue weighted by Gasteiger charge is 2.24. The highest BCUT2D eigenvalue weighted by Crippen LogP contribution is 2.36. The molecule has 3 aromatic carbocycles. The van der Waals surface area contributed by atoms with Crippen LogP contribution in [0.2, 0.25) is 5.02 Å². The molecule has 1 aliphatic heterocycles. The number of nitriles is 1. The van der Waals surface area contributed by atoms with E-state index in [2.05, 4.69) is 54.1 Å². The summed E-state index contributed by atoms with van der Waals surface area (Å²) in [5, 5.41) is 28.9. The maximum absolute atomic E-state index is 11.7. The number of ether oxygens (including phenoxy) is 3. The van der Waals surface area contributed by atoms with Gasteiger partial charge in [0.25, 0.3) is 0 Å². The number of benzene rings is 3. The quantitative estimate of drug-likeness (QED) is 0.117. The minimum atomic E-state index is -1.14. The molecular formula is C40H45ClN4O6. The summed E-state index contributed by atoms with van der Waals surface area (Å²) in [6.45, 7) is 8.75. The average molecular weight is 713 g/mol. The van der Waals surface area contributed by atoms with E-state index in [9.17, 15) is 20.3 Å². The number of hydrogen-bond donors (Lipinski definition) is 2. The lowest BCUT2D eigenvalue weighted by Crippen LogP contribution is -2.40. The molecule has 5 rings (SSSR count). The molecule has 1 saturated heterocycles. The highest BCUT2D eigenvalue weighted by molar-refractivity contribution is 6.32. The van der Waals surface area contributed by atoms with Crippen LogP contribution in [0.5, 0.6) is 11.5 Å². The lowest BCUT2D eigenvalue weighted by Gasteiger charge is -2.24. The molecule has 0 amide bonds. The number of nitrogens with zero attached hydrogens (tertiary/aromatic N) is 4. The van der Waals surface area contributed by atoms with Gasteiger partial charge < -0.3 is 29.3 Å². The molecule has 11 heteroatoms. The summed E-state index contributed by atoms with van der Waals surface area (Å²) in [7, 11) is 1.60. The molecule has 0 bridgehead atoms. The van der Waals surface area contributed by atoms with Crippen LogP contribution in [0.4, 0.5) is 0 Å². The van der Waals surface area contributed by atoms with Crippen LogP contribution in [-0.4, -0.2) is 76.9 Å². The molecule has 4 aromatic rings. The topological polar surface area (TPSA) is 128 Å². The average Bonchev–Trinajstić information content (AvgIpc) is 3.64. The van der Waals surface area contributed by atoms with Crippen LogP contribution in [0, 0.1) is 25.2 Å². The van der Waals surface area contributed by atoms with Crippen molar-refractivity contribution < 1.29 is 29.2 Å². The Labute approximate surface area is 304 Å². The number of pyridine rings is 1. The van der Waals surface area contributed by atoms with Gasteiger partial charge in [-0.25, -0.2) is 0 Å². The van der Waals surface area contributed by atoms with E-state index in [1.165, 1.54) is 48.2 Å². The second-order valence-electron chi connectivity index (χ2n) is 12.9. The predicted molar refractivity (Wildman–Crippen MR) is 196 cm³/mol. The van der Waals surface area contributed by atoms with Crippen molar-refractivity contribution in [2.45, 2.75) is 59.1 Å². The fourth-order valence-electron chi connectivity index (χ4n) is 6.32. The minimum Gasteiger partial charge on any atom is -0.488 e. The van der Waals surface area contributed by atoms with Gasteiger partial charge in [0.2, 0.25) is 0 Å². The molecule has 0 radical (unpaired) electrons. The Morgan fingerprint density at radius 3 is 2.27 bits per heavy atom. The molecule has 268 valence electrons. The fraction of sp³-hybridized carbons (Fsp3) is 0.375. The molecule has 0 aliphatic carbocycles. The third-order valence-corrected chi connectivity index (χ3v) is 9.71. The molecule has 51 heavy (non-hydrogen) atoms. The normalized spacial score (nSPS) is 13.7. The molecular weight excluding hydrogens is 668 g/mol. The number of aliphatic hydroxyl groups excluding tert-OH is 1. The number of aliphatic carboxylic acids is 1. The van der Waals surface area contributed by atoms with E-state index < -0.39 is 18.6 Å². The fourth-order valence-corrected chi connectivity index (χ4v) is 6.56. The van der Waals surface area contributed by atoms with Gasteiger partial charge in [-0.2, -0.15) is 5.26 Å². The van der Waals surface area contributed by atoms with Gasteiger partial charge in [-0.15, -0.1) is 0 Å². The number of hydrogen-bond acceptors (Lipinski definition) is 9. The van der Waals surface area contributed by atoms with Crippen molar-refractivity contribution in [3.63, 3.8) is 0 Å². The van der Waals surface area contributed by atoms with Crippen molar-refractivity contribution in [3.8, 4) is 28.7 Å². The van der Waals surface area contributed by atoms with Gasteiger partial charge in [-0.05, 0) is 92.3 Å². The van der Waals surface area contributed by atoms with E-state index in [4.69, 9.17) is 25.8 Å². The number of likely N-dealkylation sites (tertiary alicyclic amines) is 1. The van der Waals surface area contributed by atoms with Crippen molar-refractivity contribution in [3.05, 3.63) is 111 Å². The number of carboxylic acid groups (broad SMARTS) is 1. The van der Waals surface area contributed by atoms with Crippen molar-refractivity contribution >= 4 is 17.6 Å². The molecule has 2 heterocycles. The van der Waals surface area contributed by atoms with E-state index in [0.29, 0.717) is 39.8 Å². The van der Waals surface area contributed by atoms with Gasteiger partial charge in [0.15, 0.2) is 0 Å². The smallest absolute Gasteiger partial charge is 0.323 e. The van der Waals surface area contributed by atoms with Gasteiger partial charge in [-0.3, -0.25) is 14.7 Å². The summed E-state index contributed by atoms with van der Waals surface area (Å²) in [5.74, 6) is -0.326. The first-order valence-corrected chi connectivity index (χ1v) is 17.5. The Hall–Kier alpha value is -4.50. The number of carboxylic acids is 1. The van der Waals surface area contributed by atoms with Crippen LogP contribution in [0.3, 0.4) is 0 Å². The summed E-state index contributed by atoms with van der Waals surface area (Å²) < 4.78 is 18.6. The van der Waals surface area contributed by atoms with Gasteiger partial charge in [0.1, 0.15) is 36.8 Å². The standard InChI is InChI=1S/C40H45ClN4O6/c1-27-31(25-49-15-14-45-12-4-5-13-45)8-6-10-34(27)35-11-7-9-32(28(35)2)26-51-39-18-38(50-24-30-16-29(19-42)20-43-21-30)33(17-36(39)41)22-44(3)37(23-46)40(47)48/h6-11,16-18,20-21,37,46H,4-5,12-15,22-26H2,1-3H3,(H,47,48)/t37-/m0/s1. The molecule has 1 aliphatic rings. The Kier molecular flexibility index (Phi) is 13.4. The van der Waals surface area contributed by atoms with E-state index in [-0.39, 0.29) is 19.8 Å². The summed E-state index contributed by atoms with van der Waals surface area (Å²) in [4.78, 5) is 19.8. The Morgan fingerprint density at radius 2 is 1.63 bits per heavy atom. The second-order valence-corrected chi connectivity index (χ2v) is 13.3. The van der Waals surface area contributed by atoms with E-state index >= 15 is 0 Å². The Bertz CT molecular complexity index is 1860. The minimum absolute atomic E-state index is 0.103. The zero-order valence-corrected chi connectivity index (χ0v) is 30.2. The third kappa shape index (κ3) is 9.85. The molecule has 1 atom stereocenters. The van der Waals surface area contributed by atoms with Crippen LogP contribution in [-0.2, 0) is 35.9 Å². The SMILES string of the molecule is Cc1c(COCCN2CCCC2)cccc1-c1cccc(COc2cc(OCc3cncc(C#N)c3)c(CN(C)[C@@H](CO)C(=O)O)cc2Cl)c1C. The largest absolute Gasteiger partial charge is 0.488 e. The number of aliphatic hydroxyl groups is 1.